The van der Waals surface area contributed by atoms with Crippen LogP contribution in [-0.2, 0) is 4.79 Å². The molecule has 2 atom stereocenters. The third-order valence-corrected chi connectivity index (χ3v) is 10.8. The number of carbonyl (C=O) groups excluding carboxylic acids is 1. The minimum atomic E-state index is -0.833. The number of nitrogens with one attached hydrogen (secondary N) is 1. The highest BCUT2D eigenvalue weighted by Crippen LogP contribution is 2.16. The predicted octanol–water partition coefficient (Wildman–Crippen LogP) is 14.2. The van der Waals surface area contributed by atoms with E-state index in [-0.39, 0.29) is 12.5 Å². The summed E-state index contributed by atoms with van der Waals surface area (Å²) in [6.07, 6.45) is 53.3. The molecule has 0 spiro atoms. The summed E-state index contributed by atoms with van der Waals surface area (Å²) in [5.41, 5.74) is 0. The van der Waals surface area contributed by atoms with Crippen LogP contribution in [0.25, 0.3) is 0 Å². The van der Waals surface area contributed by atoms with E-state index in [1.54, 1.807) is 6.08 Å². The van der Waals surface area contributed by atoms with Crippen LogP contribution in [0, 0.1) is 0 Å². The van der Waals surface area contributed by atoms with Crippen molar-refractivity contribution in [3.05, 3.63) is 12.2 Å². The number of rotatable bonds is 42. The number of hydrogen-bond donors (Lipinski definition) is 3. The van der Waals surface area contributed by atoms with E-state index in [0.717, 1.165) is 25.7 Å². The van der Waals surface area contributed by atoms with E-state index in [2.05, 4.69) is 19.2 Å². The summed E-state index contributed by atoms with van der Waals surface area (Å²) < 4.78 is 0. The number of aliphatic hydroxyl groups is 2. The summed E-state index contributed by atoms with van der Waals surface area (Å²) in [5.74, 6) is -0.0587. The van der Waals surface area contributed by atoms with Gasteiger partial charge in [0.2, 0.25) is 5.91 Å². The van der Waals surface area contributed by atoms with Crippen LogP contribution in [0.5, 0.6) is 0 Å². The van der Waals surface area contributed by atoms with E-state index in [1.807, 2.05) is 6.08 Å². The Bertz CT molecular complexity index is 680. The molecule has 0 rings (SSSR count). The number of aliphatic hydroxyl groups excluding tert-OH is 2. The van der Waals surface area contributed by atoms with Crippen molar-refractivity contribution in [3.63, 3.8) is 0 Å². The van der Waals surface area contributed by atoms with Crippen molar-refractivity contribution < 1.29 is 15.0 Å². The Hall–Kier alpha value is -0.870. The van der Waals surface area contributed by atoms with Gasteiger partial charge in [0.05, 0.1) is 18.8 Å². The van der Waals surface area contributed by atoms with Gasteiger partial charge in [-0.1, -0.05) is 244 Å². The van der Waals surface area contributed by atoms with Gasteiger partial charge in [-0.2, -0.15) is 0 Å². The third-order valence-electron chi connectivity index (χ3n) is 10.8. The smallest absolute Gasteiger partial charge is 0.220 e. The van der Waals surface area contributed by atoms with Crippen molar-refractivity contribution in [1.82, 2.24) is 5.32 Å². The van der Waals surface area contributed by atoms with E-state index < -0.39 is 12.1 Å². The second-order valence-corrected chi connectivity index (χ2v) is 15.8. The summed E-state index contributed by atoms with van der Waals surface area (Å²) in [7, 11) is 0. The van der Waals surface area contributed by atoms with Crippen LogP contribution in [-0.4, -0.2) is 34.9 Å². The van der Waals surface area contributed by atoms with Crippen LogP contribution in [0.1, 0.15) is 258 Å². The average molecular weight is 706 g/mol. The number of amides is 1. The molecule has 1 amide bonds. The van der Waals surface area contributed by atoms with Crippen molar-refractivity contribution in [3.8, 4) is 0 Å². The van der Waals surface area contributed by atoms with Gasteiger partial charge in [0.15, 0.2) is 0 Å². The van der Waals surface area contributed by atoms with Gasteiger partial charge in [0.25, 0.3) is 0 Å². The summed E-state index contributed by atoms with van der Waals surface area (Å²) in [4.78, 5) is 12.4. The molecule has 0 aromatic carbocycles. The first-order chi connectivity index (χ1) is 24.7. The normalized spacial score (nSPS) is 13.0. The zero-order valence-electron chi connectivity index (χ0n) is 34.2. The van der Waals surface area contributed by atoms with Crippen LogP contribution < -0.4 is 5.32 Å². The van der Waals surface area contributed by atoms with Crippen molar-refractivity contribution in [1.29, 1.82) is 0 Å². The Morgan fingerprint density at radius 1 is 0.460 bits per heavy atom. The number of hydrogen-bond acceptors (Lipinski definition) is 3. The lowest BCUT2D eigenvalue weighted by Gasteiger charge is -2.20. The second kappa shape index (κ2) is 42.5. The molecule has 0 unspecified atom stereocenters. The molecule has 0 aliphatic rings. The van der Waals surface area contributed by atoms with Crippen LogP contribution in [0.4, 0.5) is 0 Å². The van der Waals surface area contributed by atoms with Crippen molar-refractivity contribution in [2.24, 2.45) is 0 Å². The topological polar surface area (TPSA) is 69.6 Å². The molecule has 4 heteroatoms. The summed E-state index contributed by atoms with van der Waals surface area (Å²) in [5, 5.41) is 23.0. The molecule has 298 valence electrons. The quantitative estimate of drug-likeness (QED) is 0.0437. The zero-order valence-corrected chi connectivity index (χ0v) is 34.2. The summed E-state index contributed by atoms with van der Waals surface area (Å²) in [6, 6.07) is -0.616. The van der Waals surface area contributed by atoms with Gasteiger partial charge in [0.1, 0.15) is 0 Å². The van der Waals surface area contributed by atoms with E-state index >= 15 is 0 Å². The maximum Gasteiger partial charge on any atom is 0.220 e. The van der Waals surface area contributed by atoms with Gasteiger partial charge in [-0.3, -0.25) is 4.79 Å². The first-order valence-electron chi connectivity index (χ1n) is 22.9. The molecule has 0 aliphatic heterocycles. The van der Waals surface area contributed by atoms with Gasteiger partial charge in [-0.15, -0.1) is 0 Å². The van der Waals surface area contributed by atoms with Gasteiger partial charge in [-0.05, 0) is 19.3 Å². The Kier molecular flexibility index (Phi) is 41.8. The summed E-state index contributed by atoms with van der Waals surface area (Å²) in [6.45, 7) is 4.33. The van der Waals surface area contributed by atoms with Crippen molar-refractivity contribution in [2.75, 3.05) is 6.61 Å². The van der Waals surface area contributed by atoms with Gasteiger partial charge < -0.3 is 15.5 Å². The fourth-order valence-electron chi connectivity index (χ4n) is 7.24. The minimum absolute atomic E-state index is 0.0587. The van der Waals surface area contributed by atoms with Crippen LogP contribution >= 0.6 is 0 Å². The maximum absolute atomic E-state index is 12.4. The highest BCUT2D eigenvalue weighted by atomic mass is 16.3. The van der Waals surface area contributed by atoms with Gasteiger partial charge in [0, 0.05) is 6.42 Å². The standard InChI is InChI=1S/C46H91NO3/c1-3-5-7-9-11-13-15-17-19-21-22-23-24-25-26-28-30-32-34-36-38-40-42-46(50)47-44(43-48)45(49)41-39-37-35-33-31-29-27-20-18-16-14-12-10-8-6-4-2/h39,41,44-45,48-49H,3-38,40,42-43H2,1-2H3,(H,47,50)/b41-39+/t44-,45+/m0/s1. The maximum atomic E-state index is 12.4. The fraction of sp³-hybridized carbons (Fsp3) is 0.935. The highest BCUT2D eigenvalue weighted by Gasteiger charge is 2.17. The molecule has 0 aromatic heterocycles. The molecule has 0 heterocycles. The minimum Gasteiger partial charge on any atom is -0.394 e. The zero-order chi connectivity index (χ0) is 36.4. The number of allylic oxidation sites excluding steroid dienone is 1. The Morgan fingerprint density at radius 3 is 1.04 bits per heavy atom. The Labute approximate surface area is 314 Å². The molecule has 0 aliphatic carbocycles. The van der Waals surface area contributed by atoms with Gasteiger partial charge in [-0.25, -0.2) is 0 Å². The molecule has 0 aromatic rings. The molecular formula is C46H91NO3. The first-order valence-corrected chi connectivity index (χ1v) is 22.9. The molecular weight excluding hydrogens is 615 g/mol. The summed E-state index contributed by atoms with van der Waals surface area (Å²) >= 11 is 0. The third kappa shape index (κ3) is 38.4. The van der Waals surface area contributed by atoms with Crippen LogP contribution in [0.2, 0.25) is 0 Å². The molecule has 3 N–H and O–H groups in total. The van der Waals surface area contributed by atoms with Crippen molar-refractivity contribution >= 4 is 5.91 Å². The van der Waals surface area contributed by atoms with E-state index in [4.69, 9.17) is 0 Å². The van der Waals surface area contributed by atoms with E-state index in [0.29, 0.717) is 6.42 Å². The predicted molar refractivity (Wildman–Crippen MR) is 221 cm³/mol. The second-order valence-electron chi connectivity index (χ2n) is 15.8. The molecule has 0 fully saturated rings. The lowest BCUT2D eigenvalue weighted by molar-refractivity contribution is -0.123. The van der Waals surface area contributed by atoms with Gasteiger partial charge >= 0.3 is 0 Å². The Morgan fingerprint density at radius 2 is 0.740 bits per heavy atom. The van der Waals surface area contributed by atoms with E-state index in [1.165, 1.54) is 212 Å². The Balaban J connectivity index is 3.50. The molecule has 0 saturated carbocycles. The molecule has 0 radical (unpaired) electrons. The first kappa shape index (κ1) is 49.1. The largest absolute Gasteiger partial charge is 0.394 e. The average Bonchev–Trinajstić information content (AvgIpc) is 3.12. The van der Waals surface area contributed by atoms with Crippen LogP contribution in [0.3, 0.4) is 0 Å². The number of unbranched alkanes of at least 4 members (excludes halogenated alkanes) is 35. The van der Waals surface area contributed by atoms with Crippen LogP contribution in [0.15, 0.2) is 12.2 Å². The number of carbonyl (C=O) groups is 1. The lowest BCUT2D eigenvalue weighted by atomic mass is 10.0. The fourth-order valence-corrected chi connectivity index (χ4v) is 7.24. The molecule has 50 heavy (non-hydrogen) atoms. The molecule has 4 nitrogen and oxygen atoms in total. The monoisotopic (exact) mass is 706 g/mol. The van der Waals surface area contributed by atoms with Crippen molar-refractivity contribution in [2.45, 2.75) is 270 Å². The SMILES string of the molecule is CCCCCCCCCCCCCCCC/C=C/[C@@H](O)[C@H](CO)NC(=O)CCCCCCCCCCCCCCCCCCCCCCCC. The lowest BCUT2D eigenvalue weighted by Crippen LogP contribution is -2.45. The highest BCUT2D eigenvalue weighted by molar-refractivity contribution is 5.76. The molecule has 0 bridgehead atoms. The van der Waals surface area contributed by atoms with E-state index in [9.17, 15) is 15.0 Å². The molecule has 0 saturated heterocycles.